The van der Waals surface area contributed by atoms with Gasteiger partial charge in [-0.15, -0.1) is 0 Å². The van der Waals surface area contributed by atoms with Gasteiger partial charge in [-0.1, -0.05) is 24.3 Å². The average Bonchev–Trinajstić information content (AvgIpc) is 2.99. The van der Waals surface area contributed by atoms with E-state index in [-0.39, 0.29) is 11.9 Å². The fourth-order valence-electron chi connectivity index (χ4n) is 2.61. The normalized spacial score (nSPS) is 17.6. The number of amides is 1. The van der Waals surface area contributed by atoms with Crippen LogP contribution in [0.4, 0.5) is 0 Å². The number of nitrogens with zero attached hydrogens (tertiary/aromatic N) is 2. The fourth-order valence-corrected chi connectivity index (χ4v) is 2.61. The minimum atomic E-state index is -0.137. The lowest BCUT2D eigenvalue weighted by Gasteiger charge is -2.28. The number of aromatic amines is 1. The summed E-state index contributed by atoms with van der Waals surface area (Å²) >= 11 is 0. The van der Waals surface area contributed by atoms with E-state index >= 15 is 0 Å². The summed E-state index contributed by atoms with van der Waals surface area (Å²) in [5.74, 6) is 0.126. The monoisotopic (exact) mass is 270 g/mol. The molecule has 0 radical (unpaired) electrons. The minimum Gasteiger partial charge on any atom is -0.340 e. The molecule has 3 rings (SSSR count). The van der Waals surface area contributed by atoms with Crippen molar-refractivity contribution in [3.8, 4) is 0 Å². The largest absolute Gasteiger partial charge is 0.340 e. The SMILES string of the molecule is CN(Cc1cn[nH]c1)C(=O)[C@@H]1Cc2ccccc2CN1. The third-order valence-corrected chi connectivity index (χ3v) is 3.73. The van der Waals surface area contributed by atoms with Crippen LogP contribution in [-0.4, -0.2) is 34.1 Å². The molecule has 5 nitrogen and oxygen atoms in total. The second-order valence-corrected chi connectivity index (χ2v) is 5.21. The Bertz CT molecular complexity index is 594. The molecule has 20 heavy (non-hydrogen) atoms. The van der Waals surface area contributed by atoms with E-state index in [1.807, 2.05) is 25.4 Å². The molecule has 1 aromatic heterocycles. The maximum Gasteiger partial charge on any atom is 0.240 e. The third-order valence-electron chi connectivity index (χ3n) is 3.73. The first-order valence-corrected chi connectivity index (χ1v) is 6.77. The van der Waals surface area contributed by atoms with Crippen LogP contribution in [0.2, 0.25) is 0 Å². The van der Waals surface area contributed by atoms with Crippen molar-refractivity contribution in [3.63, 3.8) is 0 Å². The van der Waals surface area contributed by atoms with Crippen LogP contribution in [0.1, 0.15) is 16.7 Å². The van der Waals surface area contributed by atoms with E-state index in [0.717, 1.165) is 18.5 Å². The minimum absolute atomic E-state index is 0.126. The van der Waals surface area contributed by atoms with Crippen molar-refractivity contribution in [3.05, 3.63) is 53.3 Å². The van der Waals surface area contributed by atoms with E-state index in [4.69, 9.17) is 0 Å². The molecule has 1 aromatic carbocycles. The predicted molar refractivity (Wildman–Crippen MR) is 75.8 cm³/mol. The zero-order valence-corrected chi connectivity index (χ0v) is 11.5. The lowest BCUT2D eigenvalue weighted by Crippen LogP contribution is -2.47. The van der Waals surface area contributed by atoms with E-state index in [1.165, 1.54) is 11.1 Å². The summed E-state index contributed by atoms with van der Waals surface area (Å²) in [6, 6.07) is 8.14. The number of carbonyl (C=O) groups is 1. The molecule has 2 N–H and O–H groups in total. The molecule has 2 aromatic rings. The Morgan fingerprint density at radius 3 is 2.95 bits per heavy atom. The van der Waals surface area contributed by atoms with Gasteiger partial charge in [0.15, 0.2) is 0 Å². The molecule has 0 spiro atoms. The lowest BCUT2D eigenvalue weighted by atomic mass is 9.95. The summed E-state index contributed by atoms with van der Waals surface area (Å²) < 4.78 is 0. The summed E-state index contributed by atoms with van der Waals surface area (Å²) in [4.78, 5) is 14.2. The second kappa shape index (κ2) is 5.46. The molecule has 5 heteroatoms. The summed E-state index contributed by atoms with van der Waals surface area (Å²) in [5.41, 5.74) is 3.56. The quantitative estimate of drug-likeness (QED) is 0.877. The number of H-pyrrole nitrogens is 1. The van der Waals surface area contributed by atoms with E-state index in [0.29, 0.717) is 6.54 Å². The zero-order valence-electron chi connectivity index (χ0n) is 11.5. The van der Waals surface area contributed by atoms with Gasteiger partial charge in [-0.25, -0.2) is 0 Å². The van der Waals surface area contributed by atoms with Crippen molar-refractivity contribution in [2.75, 3.05) is 7.05 Å². The maximum absolute atomic E-state index is 12.5. The number of hydrogen-bond donors (Lipinski definition) is 2. The standard InChI is InChI=1S/C15H18N4O/c1-19(10-11-7-17-18-8-11)15(20)14-6-12-4-2-3-5-13(12)9-16-14/h2-5,7-8,14,16H,6,9-10H2,1H3,(H,17,18)/t14-/m0/s1. The van der Waals surface area contributed by atoms with Crippen LogP contribution >= 0.6 is 0 Å². The van der Waals surface area contributed by atoms with Gasteiger partial charge in [0.2, 0.25) is 5.91 Å². The van der Waals surface area contributed by atoms with Gasteiger partial charge in [-0.05, 0) is 17.5 Å². The highest BCUT2D eigenvalue weighted by molar-refractivity contribution is 5.82. The molecule has 1 amide bonds. The molecular weight excluding hydrogens is 252 g/mol. The van der Waals surface area contributed by atoms with Gasteiger partial charge in [0.25, 0.3) is 0 Å². The van der Waals surface area contributed by atoms with Crippen LogP contribution in [0.25, 0.3) is 0 Å². The first kappa shape index (κ1) is 12.9. The van der Waals surface area contributed by atoms with Gasteiger partial charge in [-0.3, -0.25) is 9.89 Å². The molecule has 104 valence electrons. The predicted octanol–water partition coefficient (Wildman–Crippen LogP) is 1.08. The van der Waals surface area contributed by atoms with Crippen molar-refractivity contribution in [1.29, 1.82) is 0 Å². The highest BCUT2D eigenvalue weighted by Crippen LogP contribution is 2.17. The Morgan fingerprint density at radius 2 is 2.20 bits per heavy atom. The van der Waals surface area contributed by atoms with Crippen LogP contribution in [0, 0.1) is 0 Å². The third kappa shape index (κ3) is 2.58. The Hall–Kier alpha value is -2.14. The number of hydrogen-bond acceptors (Lipinski definition) is 3. The Labute approximate surface area is 118 Å². The van der Waals surface area contributed by atoms with Gasteiger partial charge in [0.05, 0.1) is 12.2 Å². The van der Waals surface area contributed by atoms with Crippen LogP contribution in [0.3, 0.4) is 0 Å². The molecule has 1 aliphatic rings. The molecular formula is C15H18N4O. The van der Waals surface area contributed by atoms with E-state index in [1.54, 1.807) is 11.1 Å². The number of aromatic nitrogens is 2. The van der Waals surface area contributed by atoms with Crippen molar-refractivity contribution in [1.82, 2.24) is 20.4 Å². The number of carbonyl (C=O) groups excluding carboxylic acids is 1. The van der Waals surface area contributed by atoms with Crippen LogP contribution in [0.5, 0.6) is 0 Å². The summed E-state index contributed by atoms with van der Waals surface area (Å²) in [7, 11) is 1.83. The molecule has 0 fully saturated rings. The summed E-state index contributed by atoms with van der Waals surface area (Å²) in [6.45, 7) is 1.33. The topological polar surface area (TPSA) is 61.0 Å². The van der Waals surface area contributed by atoms with Gasteiger partial charge in [0.1, 0.15) is 0 Å². The molecule has 0 aliphatic carbocycles. The average molecular weight is 270 g/mol. The van der Waals surface area contributed by atoms with E-state index < -0.39 is 0 Å². The number of fused-ring (bicyclic) bond motifs is 1. The number of nitrogens with one attached hydrogen (secondary N) is 2. The van der Waals surface area contributed by atoms with Gasteiger partial charge < -0.3 is 10.2 Å². The van der Waals surface area contributed by atoms with E-state index in [2.05, 4.69) is 27.6 Å². The molecule has 1 aliphatic heterocycles. The van der Waals surface area contributed by atoms with Gasteiger partial charge >= 0.3 is 0 Å². The number of rotatable bonds is 3. The van der Waals surface area contributed by atoms with Crippen molar-refractivity contribution >= 4 is 5.91 Å². The van der Waals surface area contributed by atoms with Crippen LogP contribution in [-0.2, 0) is 24.3 Å². The molecule has 0 unspecified atom stereocenters. The Morgan fingerprint density at radius 1 is 1.40 bits per heavy atom. The number of benzene rings is 1. The molecule has 1 atom stereocenters. The Balaban J connectivity index is 1.66. The highest BCUT2D eigenvalue weighted by atomic mass is 16.2. The van der Waals surface area contributed by atoms with Crippen molar-refractivity contribution in [2.45, 2.75) is 25.6 Å². The second-order valence-electron chi connectivity index (χ2n) is 5.21. The molecule has 0 bridgehead atoms. The molecule has 0 saturated carbocycles. The maximum atomic E-state index is 12.5. The van der Waals surface area contributed by atoms with Crippen LogP contribution < -0.4 is 5.32 Å². The summed E-state index contributed by atoms with van der Waals surface area (Å²) in [6.07, 6.45) is 4.31. The lowest BCUT2D eigenvalue weighted by molar-refractivity contribution is -0.132. The van der Waals surface area contributed by atoms with Crippen LogP contribution in [0.15, 0.2) is 36.7 Å². The first-order valence-electron chi connectivity index (χ1n) is 6.77. The smallest absolute Gasteiger partial charge is 0.240 e. The van der Waals surface area contributed by atoms with Gasteiger partial charge in [-0.2, -0.15) is 5.10 Å². The fraction of sp³-hybridized carbons (Fsp3) is 0.333. The Kier molecular flexibility index (Phi) is 3.52. The first-order chi connectivity index (χ1) is 9.74. The number of likely N-dealkylation sites (N-methyl/N-ethyl adjacent to an activating group) is 1. The zero-order chi connectivity index (χ0) is 13.9. The molecule has 0 saturated heterocycles. The van der Waals surface area contributed by atoms with Gasteiger partial charge in [0, 0.05) is 31.9 Å². The summed E-state index contributed by atoms with van der Waals surface area (Å²) in [5, 5.41) is 9.98. The van der Waals surface area contributed by atoms with Crippen molar-refractivity contribution in [2.24, 2.45) is 0 Å². The highest BCUT2D eigenvalue weighted by Gasteiger charge is 2.26. The van der Waals surface area contributed by atoms with Crippen molar-refractivity contribution < 1.29 is 4.79 Å². The molecule has 2 heterocycles. The van der Waals surface area contributed by atoms with E-state index in [9.17, 15) is 4.79 Å².